The van der Waals surface area contributed by atoms with Gasteiger partial charge in [-0.3, -0.25) is 9.59 Å². The van der Waals surface area contributed by atoms with E-state index in [4.69, 9.17) is 4.52 Å². The third-order valence-corrected chi connectivity index (χ3v) is 5.52. The van der Waals surface area contributed by atoms with E-state index >= 15 is 0 Å². The highest BCUT2D eigenvalue weighted by Crippen LogP contribution is 2.25. The molecule has 0 unspecified atom stereocenters. The van der Waals surface area contributed by atoms with E-state index < -0.39 is 0 Å². The molecule has 1 amide bonds. The highest BCUT2D eigenvalue weighted by atomic mass is 32.2. The summed E-state index contributed by atoms with van der Waals surface area (Å²) in [5, 5.41) is 7.42. The summed E-state index contributed by atoms with van der Waals surface area (Å²) in [6.45, 7) is 1.83. The fourth-order valence-electron chi connectivity index (χ4n) is 2.92. The number of thioether (sulfide) groups is 1. The van der Waals surface area contributed by atoms with Gasteiger partial charge in [0, 0.05) is 48.7 Å². The summed E-state index contributed by atoms with van der Waals surface area (Å²) >= 11 is 1.41. The molecule has 4 rings (SSSR count). The molecule has 0 saturated heterocycles. The van der Waals surface area contributed by atoms with Crippen LogP contribution in [0.2, 0.25) is 0 Å². The molecule has 0 fully saturated rings. The Morgan fingerprint density at radius 1 is 1.13 bits per heavy atom. The van der Waals surface area contributed by atoms with Crippen LogP contribution < -0.4 is 5.32 Å². The van der Waals surface area contributed by atoms with E-state index in [1.54, 1.807) is 66.6 Å². The van der Waals surface area contributed by atoms with Gasteiger partial charge in [0.1, 0.15) is 10.8 Å². The summed E-state index contributed by atoms with van der Waals surface area (Å²) in [5.74, 6) is 1.17. The van der Waals surface area contributed by atoms with Gasteiger partial charge < -0.3 is 14.4 Å². The Kier molecular flexibility index (Phi) is 5.94. The minimum atomic E-state index is -0.282. The predicted molar refractivity (Wildman–Crippen MR) is 116 cm³/mol. The van der Waals surface area contributed by atoms with Crippen LogP contribution in [0.1, 0.15) is 38.0 Å². The molecule has 0 radical (unpaired) electrons. The number of pyridine rings is 1. The fourth-order valence-corrected chi connectivity index (χ4v) is 3.80. The van der Waals surface area contributed by atoms with Crippen LogP contribution in [0.5, 0.6) is 0 Å². The topological polar surface area (TPSA) is 103 Å². The van der Waals surface area contributed by atoms with Crippen molar-refractivity contribution in [2.45, 2.75) is 17.7 Å². The Morgan fingerprint density at radius 3 is 2.61 bits per heavy atom. The van der Waals surface area contributed by atoms with Crippen LogP contribution in [0.4, 0.5) is 5.69 Å². The summed E-state index contributed by atoms with van der Waals surface area (Å²) in [4.78, 5) is 33.8. The van der Waals surface area contributed by atoms with Crippen molar-refractivity contribution in [1.29, 1.82) is 0 Å². The third-order valence-electron chi connectivity index (χ3n) is 4.48. The summed E-state index contributed by atoms with van der Waals surface area (Å²) in [7, 11) is 1.77. The Labute approximate surface area is 182 Å². The summed E-state index contributed by atoms with van der Waals surface area (Å²) in [6, 6.07) is 12.0. The average molecular weight is 433 g/mol. The molecule has 0 aliphatic heterocycles. The van der Waals surface area contributed by atoms with E-state index in [1.165, 1.54) is 11.8 Å². The second-order valence-electron chi connectivity index (χ2n) is 6.80. The van der Waals surface area contributed by atoms with E-state index in [2.05, 4.69) is 20.4 Å². The van der Waals surface area contributed by atoms with E-state index in [9.17, 15) is 9.59 Å². The van der Waals surface area contributed by atoms with Crippen molar-refractivity contribution in [3.8, 4) is 0 Å². The summed E-state index contributed by atoms with van der Waals surface area (Å²) in [6.07, 6.45) is 4.94. The predicted octanol–water partition coefficient (Wildman–Crippen LogP) is 3.89. The summed E-state index contributed by atoms with van der Waals surface area (Å²) in [5.41, 5.74) is 2.31. The molecule has 0 saturated carbocycles. The number of aryl methyl sites for hydroxylation is 2. The Morgan fingerprint density at radius 2 is 1.94 bits per heavy atom. The molecule has 0 atom stereocenters. The maximum Gasteiger partial charge on any atom is 0.258 e. The van der Waals surface area contributed by atoms with Crippen molar-refractivity contribution in [2.75, 3.05) is 5.32 Å². The fraction of sp³-hybridized carbons (Fsp3) is 0.136. The molecule has 0 spiro atoms. The molecule has 0 bridgehead atoms. The molecule has 1 N–H and O–H groups in total. The van der Waals surface area contributed by atoms with Gasteiger partial charge in [0.25, 0.3) is 5.91 Å². The number of anilines is 1. The Hall–Kier alpha value is -3.72. The number of ketones is 1. The van der Waals surface area contributed by atoms with Crippen LogP contribution >= 0.6 is 11.8 Å². The number of amides is 1. The Balaban J connectivity index is 1.45. The van der Waals surface area contributed by atoms with Crippen molar-refractivity contribution < 1.29 is 14.1 Å². The maximum atomic E-state index is 12.8. The van der Waals surface area contributed by atoms with Crippen LogP contribution in [0, 0.1) is 6.92 Å². The number of hydrogen-bond donors (Lipinski definition) is 1. The van der Waals surface area contributed by atoms with Gasteiger partial charge in [-0.1, -0.05) is 16.9 Å². The minimum absolute atomic E-state index is 0.181. The first kappa shape index (κ1) is 20.5. The minimum Gasteiger partial charge on any atom is -0.361 e. The molecular weight excluding hydrogens is 414 g/mol. The number of carbonyl (C=O) groups excluding carboxylic acids is 2. The standard InChI is InChI=1S/C22H19N5O3S/c1-14-12-17(26-30-14)13-31-22-18(4-3-9-24-22)21(29)25-16-7-5-15(6-8-16)19(28)20-23-10-11-27(20)2/h3-12H,13H2,1-2H3,(H,25,29). The van der Waals surface area contributed by atoms with Gasteiger partial charge in [-0.15, -0.1) is 0 Å². The number of carbonyl (C=O) groups is 2. The zero-order chi connectivity index (χ0) is 21.8. The van der Waals surface area contributed by atoms with E-state index in [-0.39, 0.29) is 11.7 Å². The van der Waals surface area contributed by atoms with Crippen molar-refractivity contribution in [3.05, 3.63) is 89.5 Å². The smallest absolute Gasteiger partial charge is 0.258 e. The van der Waals surface area contributed by atoms with Gasteiger partial charge in [0.2, 0.25) is 5.78 Å². The Bertz CT molecular complexity index is 1230. The van der Waals surface area contributed by atoms with Crippen molar-refractivity contribution in [3.63, 3.8) is 0 Å². The lowest BCUT2D eigenvalue weighted by Crippen LogP contribution is -2.14. The largest absolute Gasteiger partial charge is 0.361 e. The van der Waals surface area contributed by atoms with Gasteiger partial charge in [0.05, 0.1) is 11.3 Å². The molecule has 9 heteroatoms. The first-order chi connectivity index (χ1) is 15.0. The van der Waals surface area contributed by atoms with E-state index in [0.717, 1.165) is 11.5 Å². The second kappa shape index (κ2) is 8.97. The molecule has 156 valence electrons. The number of nitrogens with zero attached hydrogens (tertiary/aromatic N) is 4. The third kappa shape index (κ3) is 4.72. The number of imidazole rings is 1. The molecule has 0 aliphatic rings. The molecule has 31 heavy (non-hydrogen) atoms. The second-order valence-corrected chi connectivity index (χ2v) is 7.76. The zero-order valence-corrected chi connectivity index (χ0v) is 17.7. The van der Waals surface area contributed by atoms with Gasteiger partial charge in [-0.2, -0.15) is 0 Å². The first-order valence-electron chi connectivity index (χ1n) is 9.44. The number of hydrogen-bond acceptors (Lipinski definition) is 7. The molecule has 4 aromatic rings. The van der Waals surface area contributed by atoms with Crippen molar-refractivity contribution in [2.24, 2.45) is 7.05 Å². The van der Waals surface area contributed by atoms with Crippen molar-refractivity contribution in [1.82, 2.24) is 19.7 Å². The maximum absolute atomic E-state index is 12.8. The van der Waals surface area contributed by atoms with Crippen LogP contribution in [0.3, 0.4) is 0 Å². The first-order valence-corrected chi connectivity index (χ1v) is 10.4. The van der Waals surface area contributed by atoms with Crippen LogP contribution in [-0.4, -0.2) is 31.4 Å². The van der Waals surface area contributed by atoms with E-state index in [0.29, 0.717) is 33.4 Å². The number of rotatable bonds is 7. The highest BCUT2D eigenvalue weighted by Gasteiger charge is 2.16. The van der Waals surface area contributed by atoms with E-state index in [1.807, 2.05) is 13.0 Å². The number of nitrogens with one attached hydrogen (secondary N) is 1. The molecule has 3 heterocycles. The summed E-state index contributed by atoms with van der Waals surface area (Å²) < 4.78 is 6.74. The van der Waals surface area contributed by atoms with Gasteiger partial charge >= 0.3 is 0 Å². The normalized spacial score (nSPS) is 10.8. The lowest BCUT2D eigenvalue weighted by molar-refractivity contribution is 0.101. The average Bonchev–Trinajstić information content (AvgIpc) is 3.40. The number of benzene rings is 1. The number of aromatic nitrogens is 4. The van der Waals surface area contributed by atoms with Crippen LogP contribution in [0.15, 0.2) is 70.6 Å². The van der Waals surface area contributed by atoms with Crippen molar-refractivity contribution >= 4 is 29.1 Å². The SMILES string of the molecule is Cc1cc(CSc2ncccc2C(=O)Nc2ccc(C(=O)c3nccn3C)cc2)no1. The molecule has 0 aliphatic carbocycles. The lowest BCUT2D eigenvalue weighted by Gasteiger charge is -2.09. The molecule has 1 aromatic carbocycles. The lowest BCUT2D eigenvalue weighted by atomic mass is 10.1. The van der Waals surface area contributed by atoms with Gasteiger partial charge in [-0.25, -0.2) is 9.97 Å². The van der Waals surface area contributed by atoms with Crippen LogP contribution in [-0.2, 0) is 12.8 Å². The van der Waals surface area contributed by atoms with Gasteiger partial charge in [-0.05, 0) is 43.3 Å². The van der Waals surface area contributed by atoms with Gasteiger partial charge in [0.15, 0.2) is 5.82 Å². The molecular formula is C22H19N5O3S. The molecule has 8 nitrogen and oxygen atoms in total. The van der Waals surface area contributed by atoms with Crippen LogP contribution in [0.25, 0.3) is 0 Å². The highest BCUT2D eigenvalue weighted by molar-refractivity contribution is 7.98. The quantitative estimate of drug-likeness (QED) is 0.348. The zero-order valence-electron chi connectivity index (χ0n) is 16.9. The monoisotopic (exact) mass is 433 g/mol. The molecule has 3 aromatic heterocycles.